The Bertz CT molecular complexity index is 648. The maximum atomic E-state index is 12.8. The quantitative estimate of drug-likeness (QED) is 0.699. The van der Waals surface area contributed by atoms with Gasteiger partial charge in [0.15, 0.2) is 0 Å². The molecule has 0 unspecified atom stereocenters. The third-order valence-corrected chi connectivity index (χ3v) is 5.68. The number of amides is 1. The summed E-state index contributed by atoms with van der Waals surface area (Å²) in [5.41, 5.74) is 0. The number of furan rings is 1. The van der Waals surface area contributed by atoms with Crippen LogP contribution in [0.2, 0.25) is 0 Å². The Morgan fingerprint density at radius 1 is 1.33 bits per heavy atom. The van der Waals surface area contributed by atoms with Crippen molar-refractivity contribution >= 4 is 15.9 Å². The van der Waals surface area contributed by atoms with Crippen molar-refractivity contribution in [1.82, 2.24) is 9.21 Å². The van der Waals surface area contributed by atoms with Gasteiger partial charge in [0.25, 0.3) is 0 Å². The Kier molecular flexibility index (Phi) is 5.27. The van der Waals surface area contributed by atoms with E-state index in [1.165, 1.54) is 4.31 Å². The molecule has 1 saturated heterocycles. The first-order valence-electron chi connectivity index (χ1n) is 8.32. The van der Waals surface area contributed by atoms with Crippen molar-refractivity contribution in [3.63, 3.8) is 0 Å². The number of nitrogens with zero attached hydrogens (tertiary/aromatic N) is 2. The zero-order chi connectivity index (χ0) is 17.2. The third-order valence-electron chi connectivity index (χ3n) is 4.40. The fraction of sp³-hybridized carbons (Fsp3) is 0.688. The Hall–Kier alpha value is -1.38. The minimum Gasteiger partial charge on any atom is -0.467 e. The lowest BCUT2D eigenvalue weighted by molar-refractivity contribution is -0.134. The van der Waals surface area contributed by atoms with Crippen molar-refractivity contribution in [2.75, 3.05) is 26.0 Å². The molecule has 0 radical (unpaired) electrons. The number of hydrogen-bond donors (Lipinski definition) is 0. The second-order valence-corrected chi connectivity index (χ2v) is 8.46. The van der Waals surface area contributed by atoms with E-state index >= 15 is 0 Å². The maximum Gasteiger partial charge on any atom is 0.238 e. The van der Waals surface area contributed by atoms with Gasteiger partial charge in [-0.15, -0.1) is 0 Å². The van der Waals surface area contributed by atoms with Crippen LogP contribution in [-0.2, 0) is 26.1 Å². The van der Waals surface area contributed by atoms with Crippen molar-refractivity contribution in [2.45, 2.75) is 44.4 Å². The molecule has 0 spiro atoms. The lowest BCUT2D eigenvalue weighted by atomic mass is 10.2. The van der Waals surface area contributed by atoms with Gasteiger partial charge in [-0.05, 0) is 37.8 Å². The summed E-state index contributed by atoms with van der Waals surface area (Å²) in [6.45, 7) is 1.39. The average Bonchev–Trinajstić information content (AvgIpc) is 2.99. The van der Waals surface area contributed by atoms with E-state index in [0.29, 0.717) is 25.5 Å². The van der Waals surface area contributed by atoms with Crippen LogP contribution >= 0.6 is 0 Å². The van der Waals surface area contributed by atoms with Gasteiger partial charge in [-0.25, -0.2) is 8.42 Å². The lowest BCUT2D eigenvalue weighted by Gasteiger charge is -2.27. The molecular formula is C16H24N2O5S. The fourth-order valence-electron chi connectivity index (χ4n) is 2.99. The molecule has 24 heavy (non-hydrogen) atoms. The minimum absolute atomic E-state index is 0.0107. The van der Waals surface area contributed by atoms with Crippen molar-refractivity contribution < 1.29 is 22.4 Å². The molecule has 1 aliphatic heterocycles. The van der Waals surface area contributed by atoms with Crippen LogP contribution in [0.4, 0.5) is 0 Å². The summed E-state index contributed by atoms with van der Waals surface area (Å²) in [6.07, 6.45) is 6.29. The van der Waals surface area contributed by atoms with Gasteiger partial charge in [0.2, 0.25) is 15.9 Å². The molecule has 1 aromatic rings. The molecule has 7 nitrogen and oxygen atoms in total. The van der Waals surface area contributed by atoms with Gasteiger partial charge in [0.1, 0.15) is 5.76 Å². The highest BCUT2D eigenvalue weighted by Gasteiger charge is 2.37. The van der Waals surface area contributed by atoms with Crippen LogP contribution < -0.4 is 0 Å². The molecular weight excluding hydrogens is 332 g/mol. The van der Waals surface area contributed by atoms with E-state index in [9.17, 15) is 13.2 Å². The number of ether oxygens (including phenoxy) is 1. The van der Waals surface area contributed by atoms with Gasteiger partial charge >= 0.3 is 0 Å². The zero-order valence-corrected chi connectivity index (χ0v) is 14.7. The smallest absolute Gasteiger partial charge is 0.238 e. The highest BCUT2D eigenvalue weighted by Crippen LogP contribution is 2.29. The standard InChI is InChI=1S/C16H24N2O5S/c1-24(20,21)18(13-6-7-13)12-16(19)17(10-14-4-2-8-22-14)11-15-5-3-9-23-15/h2,4,8,13,15H,3,5-7,9-12H2,1H3/t15-/m1/s1. The lowest BCUT2D eigenvalue weighted by Crippen LogP contribution is -2.45. The van der Waals surface area contributed by atoms with Gasteiger partial charge < -0.3 is 14.1 Å². The third kappa shape index (κ3) is 4.58. The number of carbonyl (C=O) groups is 1. The summed E-state index contributed by atoms with van der Waals surface area (Å²) in [5.74, 6) is 0.470. The SMILES string of the molecule is CS(=O)(=O)N(CC(=O)N(Cc1ccco1)C[C@H]1CCCO1)C1CC1. The van der Waals surface area contributed by atoms with E-state index in [4.69, 9.17) is 9.15 Å². The van der Waals surface area contributed by atoms with Gasteiger partial charge in [-0.1, -0.05) is 0 Å². The van der Waals surface area contributed by atoms with Crippen molar-refractivity contribution in [3.8, 4) is 0 Å². The molecule has 1 saturated carbocycles. The molecule has 8 heteroatoms. The molecule has 2 aliphatic rings. The first kappa shape index (κ1) is 17.4. The first-order chi connectivity index (χ1) is 11.4. The van der Waals surface area contributed by atoms with Crippen LogP contribution in [0.1, 0.15) is 31.4 Å². The minimum atomic E-state index is -3.39. The normalized spacial score (nSPS) is 21.3. The van der Waals surface area contributed by atoms with Crippen molar-refractivity contribution in [2.24, 2.45) is 0 Å². The predicted molar refractivity (Wildman–Crippen MR) is 87.7 cm³/mol. The molecule has 2 fully saturated rings. The predicted octanol–water partition coefficient (Wildman–Crippen LogP) is 1.21. The summed E-state index contributed by atoms with van der Waals surface area (Å²) in [6, 6.07) is 3.55. The summed E-state index contributed by atoms with van der Waals surface area (Å²) >= 11 is 0. The van der Waals surface area contributed by atoms with Crippen LogP contribution in [-0.4, -0.2) is 61.6 Å². The van der Waals surface area contributed by atoms with Crippen LogP contribution in [0.3, 0.4) is 0 Å². The van der Waals surface area contributed by atoms with E-state index in [1.807, 2.05) is 6.07 Å². The first-order valence-corrected chi connectivity index (χ1v) is 10.2. The molecule has 1 aliphatic carbocycles. The highest BCUT2D eigenvalue weighted by atomic mass is 32.2. The van der Waals surface area contributed by atoms with E-state index in [0.717, 1.165) is 31.9 Å². The Balaban J connectivity index is 1.69. The molecule has 0 N–H and O–H groups in total. The molecule has 0 aromatic carbocycles. The number of sulfonamides is 1. The summed E-state index contributed by atoms with van der Waals surface area (Å²) in [7, 11) is -3.39. The number of carbonyl (C=O) groups excluding carboxylic acids is 1. The van der Waals surface area contributed by atoms with Gasteiger partial charge in [0, 0.05) is 19.2 Å². The van der Waals surface area contributed by atoms with Crippen molar-refractivity contribution in [1.29, 1.82) is 0 Å². The van der Waals surface area contributed by atoms with E-state index < -0.39 is 10.0 Å². The second-order valence-electron chi connectivity index (χ2n) is 6.53. The van der Waals surface area contributed by atoms with E-state index in [2.05, 4.69) is 0 Å². The number of rotatable bonds is 8. The van der Waals surface area contributed by atoms with Gasteiger partial charge in [-0.3, -0.25) is 4.79 Å². The Morgan fingerprint density at radius 3 is 2.67 bits per heavy atom. The maximum absolute atomic E-state index is 12.8. The second kappa shape index (κ2) is 7.25. The summed E-state index contributed by atoms with van der Waals surface area (Å²) < 4.78 is 36.2. The zero-order valence-electron chi connectivity index (χ0n) is 13.9. The van der Waals surface area contributed by atoms with Crippen LogP contribution in [0.15, 0.2) is 22.8 Å². The number of hydrogen-bond acceptors (Lipinski definition) is 5. The van der Waals surface area contributed by atoms with Crippen LogP contribution in [0.25, 0.3) is 0 Å². The van der Waals surface area contributed by atoms with Gasteiger partial charge in [0.05, 0.1) is 31.7 Å². The summed E-state index contributed by atoms with van der Waals surface area (Å²) in [5, 5.41) is 0. The topological polar surface area (TPSA) is 80.1 Å². The summed E-state index contributed by atoms with van der Waals surface area (Å²) in [4.78, 5) is 14.4. The molecule has 1 atom stereocenters. The molecule has 3 rings (SSSR count). The molecule has 0 bridgehead atoms. The Labute approximate surface area is 142 Å². The molecule has 1 amide bonds. The van der Waals surface area contributed by atoms with Crippen LogP contribution in [0.5, 0.6) is 0 Å². The van der Waals surface area contributed by atoms with E-state index in [1.54, 1.807) is 17.2 Å². The van der Waals surface area contributed by atoms with Gasteiger partial charge in [-0.2, -0.15) is 4.31 Å². The fourth-order valence-corrected chi connectivity index (χ4v) is 4.09. The van der Waals surface area contributed by atoms with Crippen molar-refractivity contribution in [3.05, 3.63) is 24.2 Å². The average molecular weight is 356 g/mol. The molecule has 1 aromatic heterocycles. The Morgan fingerprint density at radius 2 is 2.12 bits per heavy atom. The highest BCUT2D eigenvalue weighted by molar-refractivity contribution is 7.88. The van der Waals surface area contributed by atoms with E-state index in [-0.39, 0.29) is 24.6 Å². The monoisotopic (exact) mass is 356 g/mol. The largest absolute Gasteiger partial charge is 0.467 e. The van der Waals surface area contributed by atoms with Crippen LogP contribution in [0, 0.1) is 0 Å². The molecule has 134 valence electrons. The molecule has 2 heterocycles.